The smallest absolute Gasteiger partial charge is 0.497 e. The van der Waals surface area contributed by atoms with E-state index in [0.29, 0.717) is 12.2 Å². The third-order valence-electron chi connectivity index (χ3n) is 4.91. The second-order valence-corrected chi connectivity index (χ2v) is 8.73. The molecule has 0 aromatic heterocycles. The van der Waals surface area contributed by atoms with Crippen molar-refractivity contribution in [3.05, 3.63) is 54.1 Å². The van der Waals surface area contributed by atoms with Crippen LogP contribution in [0.5, 0.6) is 11.5 Å². The molecular weight excluding hydrogens is 407 g/mol. The molecule has 1 unspecified atom stereocenters. The van der Waals surface area contributed by atoms with E-state index in [0.717, 1.165) is 30.5 Å². The number of methoxy groups -OCH3 is 1. The summed E-state index contributed by atoms with van der Waals surface area (Å²) < 4.78 is 74.9. The van der Waals surface area contributed by atoms with E-state index in [1.807, 2.05) is 24.3 Å². The van der Waals surface area contributed by atoms with E-state index in [1.54, 1.807) is 7.11 Å². The zero-order valence-corrected chi connectivity index (χ0v) is 16.7. The fourth-order valence-corrected chi connectivity index (χ4v) is 5.12. The number of hydrogen-bond acceptors (Lipinski definition) is 4. The van der Waals surface area contributed by atoms with Crippen LogP contribution in [-0.2, 0) is 10.0 Å². The number of alkyl halides is 3. The lowest BCUT2D eigenvalue weighted by atomic mass is 9.94. The summed E-state index contributed by atoms with van der Waals surface area (Å²) in [6, 6.07) is 12.2. The summed E-state index contributed by atoms with van der Waals surface area (Å²) in [5.74, 6) is -0.0794. The lowest BCUT2D eigenvalue weighted by Crippen LogP contribution is -2.34. The van der Waals surface area contributed by atoms with Gasteiger partial charge in [0, 0.05) is 13.1 Å². The summed E-state index contributed by atoms with van der Waals surface area (Å²) in [7, 11) is -2.59. The van der Waals surface area contributed by atoms with Gasteiger partial charge in [-0.2, -0.15) is 4.31 Å². The van der Waals surface area contributed by atoms with Gasteiger partial charge in [0.1, 0.15) is 16.4 Å². The standard InChI is InChI=1S/C20H22F3NO4S/c1-27-17-11-9-15(10-12-17)16-6-4-5-13-24(14-16)29(25,26)19-8-3-2-7-18(19)28-20(21,22)23/h2-3,7-12,16H,4-6,13-14H2,1H3. The maximum absolute atomic E-state index is 13.2. The number of sulfonamides is 1. The van der Waals surface area contributed by atoms with Crippen LogP contribution in [0, 0.1) is 0 Å². The zero-order valence-electron chi connectivity index (χ0n) is 15.9. The first kappa shape index (κ1) is 21.4. The molecule has 0 radical (unpaired) electrons. The number of para-hydroxylation sites is 1. The molecular formula is C20H22F3NO4S. The van der Waals surface area contributed by atoms with Crippen molar-refractivity contribution in [2.45, 2.75) is 36.4 Å². The van der Waals surface area contributed by atoms with Gasteiger partial charge in [0.25, 0.3) is 0 Å². The first-order valence-corrected chi connectivity index (χ1v) is 10.6. The third-order valence-corrected chi connectivity index (χ3v) is 6.82. The van der Waals surface area contributed by atoms with Gasteiger partial charge < -0.3 is 9.47 Å². The van der Waals surface area contributed by atoms with Crippen molar-refractivity contribution < 1.29 is 31.1 Å². The topological polar surface area (TPSA) is 55.8 Å². The number of ether oxygens (including phenoxy) is 2. The van der Waals surface area contributed by atoms with Gasteiger partial charge in [-0.25, -0.2) is 8.42 Å². The lowest BCUT2D eigenvalue weighted by molar-refractivity contribution is -0.275. The number of rotatable bonds is 5. The SMILES string of the molecule is COc1ccc(C2CCCCN(S(=O)(=O)c3ccccc3OC(F)(F)F)C2)cc1. The molecule has 0 amide bonds. The van der Waals surface area contributed by atoms with Crippen LogP contribution in [0.25, 0.3) is 0 Å². The Kier molecular flexibility index (Phi) is 6.38. The average Bonchev–Trinajstić information content (AvgIpc) is 2.94. The van der Waals surface area contributed by atoms with Crippen LogP contribution in [0.15, 0.2) is 53.4 Å². The molecule has 1 fully saturated rings. The second kappa shape index (κ2) is 8.62. The van der Waals surface area contributed by atoms with E-state index in [-0.39, 0.29) is 19.0 Å². The van der Waals surface area contributed by atoms with Gasteiger partial charge in [-0.1, -0.05) is 30.7 Å². The number of nitrogens with zero attached hydrogens (tertiary/aromatic N) is 1. The van der Waals surface area contributed by atoms with E-state index in [9.17, 15) is 21.6 Å². The van der Waals surface area contributed by atoms with Gasteiger partial charge in [0.05, 0.1) is 7.11 Å². The monoisotopic (exact) mass is 429 g/mol. The van der Waals surface area contributed by atoms with Crippen LogP contribution in [0.4, 0.5) is 13.2 Å². The van der Waals surface area contributed by atoms with Crippen molar-refractivity contribution in [1.82, 2.24) is 4.31 Å². The van der Waals surface area contributed by atoms with Crippen LogP contribution in [0.1, 0.15) is 30.7 Å². The molecule has 1 heterocycles. The summed E-state index contributed by atoms with van der Waals surface area (Å²) in [6.07, 6.45) is -2.73. The number of halogens is 3. The fourth-order valence-electron chi connectivity index (χ4n) is 3.49. The molecule has 2 aromatic carbocycles. The lowest BCUT2D eigenvalue weighted by Gasteiger charge is -2.25. The van der Waals surface area contributed by atoms with Crippen molar-refractivity contribution in [3.63, 3.8) is 0 Å². The summed E-state index contributed by atoms with van der Waals surface area (Å²) >= 11 is 0. The molecule has 5 nitrogen and oxygen atoms in total. The Balaban J connectivity index is 1.90. The Hall–Kier alpha value is -2.26. The predicted molar refractivity (Wildman–Crippen MR) is 101 cm³/mol. The van der Waals surface area contributed by atoms with Crippen molar-refractivity contribution in [3.8, 4) is 11.5 Å². The highest BCUT2D eigenvalue weighted by Gasteiger charge is 2.36. The highest BCUT2D eigenvalue weighted by molar-refractivity contribution is 7.89. The largest absolute Gasteiger partial charge is 0.573 e. The van der Waals surface area contributed by atoms with Crippen LogP contribution < -0.4 is 9.47 Å². The third kappa shape index (κ3) is 5.22. The molecule has 1 atom stereocenters. The van der Waals surface area contributed by atoms with Crippen LogP contribution in [-0.4, -0.2) is 39.3 Å². The van der Waals surface area contributed by atoms with Gasteiger partial charge in [0.2, 0.25) is 10.0 Å². The molecule has 0 bridgehead atoms. The second-order valence-electron chi connectivity index (χ2n) is 6.82. The highest BCUT2D eigenvalue weighted by Crippen LogP contribution is 2.34. The van der Waals surface area contributed by atoms with Crippen LogP contribution in [0.3, 0.4) is 0 Å². The van der Waals surface area contributed by atoms with Gasteiger partial charge in [-0.15, -0.1) is 13.2 Å². The molecule has 1 saturated heterocycles. The van der Waals surface area contributed by atoms with Gasteiger partial charge in [-0.3, -0.25) is 0 Å². The van der Waals surface area contributed by atoms with Gasteiger partial charge in [0.15, 0.2) is 0 Å². The Labute approximate surface area is 168 Å². The first-order valence-electron chi connectivity index (χ1n) is 9.19. The average molecular weight is 429 g/mol. The summed E-state index contributed by atoms with van der Waals surface area (Å²) in [5.41, 5.74) is 0.965. The number of hydrogen-bond donors (Lipinski definition) is 0. The maximum Gasteiger partial charge on any atom is 0.573 e. The highest BCUT2D eigenvalue weighted by atomic mass is 32.2. The van der Waals surface area contributed by atoms with Crippen molar-refractivity contribution in [2.75, 3.05) is 20.2 Å². The van der Waals surface area contributed by atoms with Gasteiger partial charge in [-0.05, 0) is 48.6 Å². The Morgan fingerprint density at radius 1 is 1.03 bits per heavy atom. The Bertz CT molecular complexity index is 929. The van der Waals surface area contributed by atoms with Crippen molar-refractivity contribution >= 4 is 10.0 Å². The fraction of sp³-hybridized carbons (Fsp3) is 0.400. The van der Waals surface area contributed by atoms with E-state index in [4.69, 9.17) is 4.74 Å². The molecule has 3 rings (SSSR count). The maximum atomic E-state index is 13.2. The van der Waals surface area contributed by atoms with Crippen molar-refractivity contribution in [2.24, 2.45) is 0 Å². The summed E-state index contributed by atoms with van der Waals surface area (Å²) in [6.45, 7) is 0.435. The number of benzene rings is 2. The minimum absolute atomic E-state index is 0.0612. The molecule has 0 N–H and O–H groups in total. The minimum Gasteiger partial charge on any atom is -0.497 e. The molecule has 1 aliphatic heterocycles. The Morgan fingerprint density at radius 3 is 2.38 bits per heavy atom. The first-order chi connectivity index (χ1) is 13.7. The van der Waals surface area contributed by atoms with E-state index in [2.05, 4.69) is 4.74 Å². The summed E-state index contributed by atoms with van der Waals surface area (Å²) in [4.78, 5) is -0.479. The normalized spacial score (nSPS) is 18.8. The molecule has 0 spiro atoms. The molecule has 0 saturated carbocycles. The molecule has 2 aromatic rings. The molecule has 9 heteroatoms. The zero-order chi connectivity index (χ0) is 21.1. The van der Waals surface area contributed by atoms with Crippen molar-refractivity contribution in [1.29, 1.82) is 0 Å². The van der Waals surface area contributed by atoms with Gasteiger partial charge >= 0.3 is 6.36 Å². The van der Waals surface area contributed by atoms with E-state index < -0.39 is 27.0 Å². The minimum atomic E-state index is -4.98. The Morgan fingerprint density at radius 2 is 1.72 bits per heavy atom. The van der Waals surface area contributed by atoms with Crippen LogP contribution >= 0.6 is 0 Å². The summed E-state index contributed by atoms with van der Waals surface area (Å²) in [5, 5.41) is 0. The quantitative estimate of drug-likeness (QED) is 0.700. The molecule has 0 aliphatic carbocycles. The van der Waals surface area contributed by atoms with E-state index >= 15 is 0 Å². The van der Waals surface area contributed by atoms with E-state index in [1.165, 1.54) is 16.4 Å². The molecule has 158 valence electrons. The van der Waals surface area contributed by atoms with Crippen LogP contribution in [0.2, 0.25) is 0 Å². The predicted octanol–water partition coefficient (Wildman–Crippen LogP) is 4.55. The molecule has 29 heavy (non-hydrogen) atoms. The molecule has 1 aliphatic rings.